The lowest BCUT2D eigenvalue weighted by molar-refractivity contribution is 0.440. The Balaban J connectivity index is 1.90. The summed E-state index contributed by atoms with van der Waals surface area (Å²) >= 11 is 1.76. The van der Waals surface area contributed by atoms with Gasteiger partial charge < -0.3 is 10.4 Å². The minimum Gasteiger partial charge on any atom is -0.506 e. The second-order valence-electron chi connectivity index (χ2n) is 6.31. The molecular weight excluding hydrogens is 302 g/mol. The maximum Gasteiger partial charge on any atom is 0.139 e. The second kappa shape index (κ2) is 5.43. The van der Waals surface area contributed by atoms with Gasteiger partial charge in [-0.2, -0.15) is 0 Å². The average Bonchev–Trinajstić information content (AvgIpc) is 3.11. The zero-order valence-corrected chi connectivity index (χ0v) is 13.8. The molecule has 1 aliphatic rings. The summed E-state index contributed by atoms with van der Waals surface area (Å²) in [6, 6.07) is 20.9. The highest BCUT2D eigenvalue weighted by molar-refractivity contribution is 7.10. The highest BCUT2D eigenvalue weighted by Gasteiger charge is 2.39. The van der Waals surface area contributed by atoms with Crippen molar-refractivity contribution in [2.45, 2.75) is 24.8 Å². The van der Waals surface area contributed by atoms with Gasteiger partial charge in [-0.3, -0.25) is 0 Å². The molecule has 2 heterocycles. The first-order valence-electron chi connectivity index (χ1n) is 7.86. The van der Waals surface area contributed by atoms with Gasteiger partial charge in [0.15, 0.2) is 0 Å². The van der Waals surface area contributed by atoms with E-state index in [2.05, 4.69) is 60.1 Å². The van der Waals surface area contributed by atoms with Crippen molar-refractivity contribution in [2.24, 2.45) is 0 Å². The molecule has 116 valence electrons. The molecule has 2 aromatic carbocycles. The van der Waals surface area contributed by atoms with E-state index < -0.39 is 0 Å². The van der Waals surface area contributed by atoms with Crippen LogP contribution in [0.2, 0.25) is 0 Å². The predicted octanol–water partition coefficient (Wildman–Crippen LogP) is 5.32. The van der Waals surface area contributed by atoms with E-state index in [9.17, 15) is 5.11 Å². The average molecular weight is 321 g/mol. The summed E-state index contributed by atoms with van der Waals surface area (Å²) in [5.41, 5.74) is 3.19. The molecule has 1 aliphatic heterocycles. The van der Waals surface area contributed by atoms with E-state index in [0.717, 1.165) is 17.7 Å². The molecule has 4 rings (SSSR count). The maximum absolute atomic E-state index is 10.4. The van der Waals surface area contributed by atoms with Gasteiger partial charge >= 0.3 is 0 Å². The quantitative estimate of drug-likeness (QED) is 0.626. The molecule has 0 radical (unpaired) electrons. The molecule has 0 spiro atoms. The number of nitrogens with one attached hydrogen (secondary N) is 1. The van der Waals surface area contributed by atoms with E-state index >= 15 is 0 Å². The van der Waals surface area contributed by atoms with Gasteiger partial charge in [0, 0.05) is 10.3 Å². The number of anilines is 1. The number of hydrogen-bond acceptors (Lipinski definition) is 3. The zero-order chi connectivity index (χ0) is 15.9. The predicted molar refractivity (Wildman–Crippen MR) is 96.3 cm³/mol. The van der Waals surface area contributed by atoms with E-state index in [1.54, 1.807) is 17.4 Å². The third-order valence-electron chi connectivity index (χ3n) is 4.87. The van der Waals surface area contributed by atoms with Gasteiger partial charge in [-0.15, -0.1) is 11.3 Å². The molecule has 0 bridgehead atoms. The van der Waals surface area contributed by atoms with Crippen molar-refractivity contribution >= 4 is 17.0 Å². The van der Waals surface area contributed by atoms with Crippen LogP contribution in [0.1, 0.15) is 35.4 Å². The Morgan fingerprint density at radius 3 is 2.61 bits per heavy atom. The Kier molecular flexibility index (Phi) is 3.38. The van der Waals surface area contributed by atoms with Gasteiger partial charge in [-0.05, 0) is 35.1 Å². The largest absolute Gasteiger partial charge is 0.506 e. The second-order valence-corrected chi connectivity index (χ2v) is 7.29. The van der Waals surface area contributed by atoms with Crippen LogP contribution in [0.3, 0.4) is 0 Å². The lowest BCUT2D eigenvalue weighted by Crippen LogP contribution is -2.34. The van der Waals surface area contributed by atoms with E-state index in [1.807, 2.05) is 12.1 Å². The fourth-order valence-electron chi connectivity index (χ4n) is 3.64. The molecule has 0 aliphatic carbocycles. The number of phenols is 1. The lowest BCUT2D eigenvalue weighted by Gasteiger charge is -2.41. The van der Waals surface area contributed by atoms with Gasteiger partial charge in [-0.25, -0.2) is 0 Å². The number of rotatable bonds is 2. The van der Waals surface area contributed by atoms with Crippen LogP contribution in [0.5, 0.6) is 5.75 Å². The van der Waals surface area contributed by atoms with Crippen LogP contribution in [0.25, 0.3) is 0 Å². The van der Waals surface area contributed by atoms with Gasteiger partial charge in [0.1, 0.15) is 5.75 Å². The molecule has 0 unspecified atom stereocenters. The SMILES string of the molecule is C[C@@]1(c2ccccc2)C[C@@H](c2cccs2)Nc2c(O)cccc21. The van der Waals surface area contributed by atoms with Crippen LogP contribution in [-0.2, 0) is 5.41 Å². The lowest BCUT2D eigenvalue weighted by atomic mass is 9.69. The summed E-state index contributed by atoms with van der Waals surface area (Å²) in [5.74, 6) is 0.325. The van der Waals surface area contributed by atoms with Crippen LogP contribution in [0, 0.1) is 0 Å². The number of aromatic hydroxyl groups is 1. The molecule has 3 heteroatoms. The minimum atomic E-state index is -0.130. The number of benzene rings is 2. The summed E-state index contributed by atoms with van der Waals surface area (Å²) in [7, 11) is 0. The normalized spacial score (nSPS) is 23.1. The Hall–Kier alpha value is -2.26. The van der Waals surface area contributed by atoms with E-state index in [-0.39, 0.29) is 11.5 Å². The Bertz CT molecular complexity index is 813. The topological polar surface area (TPSA) is 32.3 Å². The van der Waals surface area contributed by atoms with Crippen molar-refractivity contribution < 1.29 is 5.11 Å². The number of para-hydroxylation sites is 1. The number of hydrogen-bond donors (Lipinski definition) is 2. The Morgan fingerprint density at radius 2 is 1.87 bits per heavy atom. The van der Waals surface area contributed by atoms with Crippen LogP contribution >= 0.6 is 11.3 Å². The molecule has 0 amide bonds. The van der Waals surface area contributed by atoms with Crippen molar-refractivity contribution in [2.75, 3.05) is 5.32 Å². The summed E-state index contributed by atoms with van der Waals surface area (Å²) in [4.78, 5) is 1.31. The molecule has 0 saturated carbocycles. The molecule has 0 saturated heterocycles. The van der Waals surface area contributed by atoms with E-state index in [1.165, 1.54) is 10.4 Å². The first-order valence-corrected chi connectivity index (χ1v) is 8.74. The number of fused-ring (bicyclic) bond motifs is 1. The molecule has 3 aromatic rings. The summed E-state index contributed by atoms with van der Waals surface area (Å²) in [6.07, 6.45) is 0.966. The number of thiophene rings is 1. The van der Waals surface area contributed by atoms with Crippen molar-refractivity contribution in [1.82, 2.24) is 0 Å². The summed E-state index contributed by atoms with van der Waals surface area (Å²) in [5, 5.41) is 16.1. The number of phenolic OH excluding ortho intramolecular Hbond substituents is 1. The summed E-state index contributed by atoms with van der Waals surface area (Å²) in [6.45, 7) is 2.28. The summed E-state index contributed by atoms with van der Waals surface area (Å²) < 4.78 is 0. The Morgan fingerprint density at radius 1 is 1.04 bits per heavy atom. The molecular formula is C20H19NOS. The monoisotopic (exact) mass is 321 g/mol. The first kappa shape index (κ1) is 14.3. The smallest absolute Gasteiger partial charge is 0.139 e. The zero-order valence-electron chi connectivity index (χ0n) is 13.0. The molecule has 0 fully saturated rings. The highest BCUT2D eigenvalue weighted by atomic mass is 32.1. The molecule has 2 atom stereocenters. The minimum absolute atomic E-state index is 0.130. The third kappa shape index (κ3) is 2.32. The van der Waals surface area contributed by atoms with E-state index in [0.29, 0.717) is 5.75 Å². The van der Waals surface area contributed by atoms with Crippen LogP contribution in [0.15, 0.2) is 66.0 Å². The Labute approximate surface area is 140 Å². The molecule has 2 nitrogen and oxygen atoms in total. The first-order chi connectivity index (χ1) is 11.2. The van der Waals surface area contributed by atoms with Gasteiger partial charge in [0.2, 0.25) is 0 Å². The van der Waals surface area contributed by atoms with Crippen molar-refractivity contribution in [3.63, 3.8) is 0 Å². The molecule has 1 aromatic heterocycles. The van der Waals surface area contributed by atoms with Gasteiger partial charge in [-0.1, -0.05) is 55.5 Å². The van der Waals surface area contributed by atoms with Crippen molar-refractivity contribution in [3.05, 3.63) is 82.0 Å². The van der Waals surface area contributed by atoms with Gasteiger partial charge in [0.05, 0.1) is 11.7 Å². The van der Waals surface area contributed by atoms with Crippen molar-refractivity contribution in [3.8, 4) is 5.75 Å². The molecule has 2 N–H and O–H groups in total. The fraction of sp³-hybridized carbons (Fsp3) is 0.200. The van der Waals surface area contributed by atoms with Crippen LogP contribution < -0.4 is 5.32 Å². The van der Waals surface area contributed by atoms with Crippen LogP contribution in [0.4, 0.5) is 5.69 Å². The third-order valence-corrected chi connectivity index (χ3v) is 5.85. The van der Waals surface area contributed by atoms with Gasteiger partial charge in [0.25, 0.3) is 0 Å². The molecule has 23 heavy (non-hydrogen) atoms. The van der Waals surface area contributed by atoms with Crippen molar-refractivity contribution in [1.29, 1.82) is 0 Å². The standard InChI is InChI=1S/C20H19NOS/c1-20(14-7-3-2-4-8-14)13-16(18-11-6-12-23-18)21-19-15(20)9-5-10-17(19)22/h2-12,16,21-22H,13H2,1H3/t16-,20-/m0/s1. The fourth-order valence-corrected chi connectivity index (χ4v) is 4.41. The highest BCUT2D eigenvalue weighted by Crippen LogP contribution is 2.50. The van der Waals surface area contributed by atoms with E-state index in [4.69, 9.17) is 0 Å². The maximum atomic E-state index is 10.4. The van der Waals surface area contributed by atoms with Crippen LogP contribution in [-0.4, -0.2) is 5.11 Å².